The lowest BCUT2D eigenvalue weighted by Gasteiger charge is -2.02. The Hall–Kier alpha value is -2.29. The first-order valence-electron chi connectivity index (χ1n) is 5.26. The Bertz CT molecular complexity index is 521. The first-order valence-corrected chi connectivity index (χ1v) is 5.26. The maximum atomic E-state index is 9.73. The van der Waals surface area contributed by atoms with Gasteiger partial charge in [-0.2, -0.15) is 0 Å². The van der Waals surface area contributed by atoms with Crippen LogP contribution >= 0.6 is 0 Å². The van der Waals surface area contributed by atoms with E-state index in [9.17, 15) is 5.11 Å². The van der Waals surface area contributed by atoms with E-state index in [1.165, 1.54) is 0 Å². The molecular weight excluding hydrogens is 214 g/mol. The fourth-order valence-corrected chi connectivity index (χ4v) is 1.42. The highest BCUT2D eigenvalue weighted by molar-refractivity contribution is 5.85. The van der Waals surface area contributed by atoms with E-state index in [1.807, 2.05) is 30.3 Å². The monoisotopic (exact) mass is 227 g/mol. The number of hydrogen-bond acceptors (Lipinski definition) is 3. The summed E-state index contributed by atoms with van der Waals surface area (Å²) in [7, 11) is 1.56. The third-order valence-corrected chi connectivity index (χ3v) is 2.35. The van der Waals surface area contributed by atoms with Crippen molar-refractivity contribution in [3.05, 3.63) is 54.1 Å². The average molecular weight is 227 g/mol. The molecule has 2 aromatic carbocycles. The number of phenols is 1. The van der Waals surface area contributed by atoms with E-state index in [0.717, 1.165) is 5.69 Å². The molecule has 86 valence electrons. The summed E-state index contributed by atoms with van der Waals surface area (Å²) in [6.45, 7) is 0. The number of aliphatic imine (C=N–C) groups is 1. The lowest BCUT2D eigenvalue weighted by atomic mass is 10.2. The van der Waals surface area contributed by atoms with Crippen LogP contribution in [0.3, 0.4) is 0 Å². The molecule has 0 aromatic heterocycles. The quantitative estimate of drug-likeness (QED) is 0.818. The van der Waals surface area contributed by atoms with Crippen LogP contribution in [0.2, 0.25) is 0 Å². The molecule has 0 aliphatic carbocycles. The van der Waals surface area contributed by atoms with Crippen molar-refractivity contribution in [2.24, 2.45) is 4.99 Å². The molecule has 3 heteroatoms. The van der Waals surface area contributed by atoms with Crippen molar-refractivity contribution in [1.29, 1.82) is 0 Å². The molecule has 0 fully saturated rings. The number of aromatic hydroxyl groups is 1. The molecule has 0 aliphatic rings. The Kier molecular flexibility index (Phi) is 3.40. The summed E-state index contributed by atoms with van der Waals surface area (Å²) >= 11 is 0. The van der Waals surface area contributed by atoms with Gasteiger partial charge in [-0.25, -0.2) is 0 Å². The van der Waals surface area contributed by atoms with Crippen molar-refractivity contribution in [1.82, 2.24) is 0 Å². The number of methoxy groups -OCH3 is 1. The highest BCUT2D eigenvalue weighted by atomic mass is 16.5. The van der Waals surface area contributed by atoms with Crippen LogP contribution < -0.4 is 4.74 Å². The second-order valence-corrected chi connectivity index (χ2v) is 3.52. The van der Waals surface area contributed by atoms with Crippen LogP contribution in [0.5, 0.6) is 11.5 Å². The zero-order chi connectivity index (χ0) is 12.1. The highest BCUT2D eigenvalue weighted by Gasteiger charge is 2.00. The molecule has 0 radical (unpaired) electrons. The lowest BCUT2D eigenvalue weighted by Crippen LogP contribution is -1.86. The van der Waals surface area contributed by atoms with Crippen molar-refractivity contribution in [3.63, 3.8) is 0 Å². The molecule has 2 rings (SSSR count). The van der Waals surface area contributed by atoms with Gasteiger partial charge in [-0.15, -0.1) is 0 Å². The normalized spacial score (nSPS) is 10.6. The maximum Gasteiger partial charge on any atom is 0.128 e. The average Bonchev–Trinajstić information content (AvgIpc) is 2.38. The number of hydrogen-bond donors (Lipinski definition) is 1. The number of ether oxygens (including phenoxy) is 1. The Morgan fingerprint density at radius 1 is 1.12 bits per heavy atom. The first kappa shape index (κ1) is 11.2. The third kappa shape index (κ3) is 2.84. The molecule has 1 N–H and O–H groups in total. The minimum atomic E-state index is 0.157. The second kappa shape index (κ2) is 5.16. The van der Waals surface area contributed by atoms with Gasteiger partial charge in [0.05, 0.1) is 12.8 Å². The number of nitrogens with zero attached hydrogens (tertiary/aromatic N) is 1. The summed E-state index contributed by atoms with van der Waals surface area (Å²) in [5, 5.41) is 9.73. The number of benzene rings is 2. The van der Waals surface area contributed by atoms with Gasteiger partial charge in [0.15, 0.2) is 0 Å². The Balaban J connectivity index is 2.22. The Morgan fingerprint density at radius 3 is 2.53 bits per heavy atom. The number of para-hydroxylation sites is 1. The molecular formula is C14H13NO2. The fourth-order valence-electron chi connectivity index (χ4n) is 1.42. The van der Waals surface area contributed by atoms with Gasteiger partial charge in [0.25, 0.3) is 0 Å². The van der Waals surface area contributed by atoms with Crippen molar-refractivity contribution >= 4 is 11.9 Å². The van der Waals surface area contributed by atoms with Crippen LogP contribution in [0.15, 0.2) is 53.5 Å². The Labute approximate surface area is 100 Å². The van der Waals surface area contributed by atoms with Crippen LogP contribution in [0.4, 0.5) is 5.69 Å². The van der Waals surface area contributed by atoms with Gasteiger partial charge >= 0.3 is 0 Å². The summed E-state index contributed by atoms with van der Waals surface area (Å²) in [5.41, 5.74) is 1.51. The SMILES string of the molecule is COc1ccc(C=Nc2ccccc2)c(O)c1. The van der Waals surface area contributed by atoms with Crippen LogP contribution in [-0.2, 0) is 0 Å². The third-order valence-electron chi connectivity index (χ3n) is 2.35. The van der Waals surface area contributed by atoms with Gasteiger partial charge in [-0.1, -0.05) is 18.2 Å². The fraction of sp³-hybridized carbons (Fsp3) is 0.0714. The zero-order valence-electron chi connectivity index (χ0n) is 9.50. The predicted molar refractivity (Wildman–Crippen MR) is 68.4 cm³/mol. The molecule has 0 spiro atoms. The highest BCUT2D eigenvalue weighted by Crippen LogP contribution is 2.22. The van der Waals surface area contributed by atoms with Crippen molar-refractivity contribution < 1.29 is 9.84 Å². The Morgan fingerprint density at radius 2 is 1.88 bits per heavy atom. The summed E-state index contributed by atoms with van der Waals surface area (Å²) in [4.78, 5) is 4.27. The van der Waals surface area contributed by atoms with Gasteiger partial charge in [0, 0.05) is 17.8 Å². The summed E-state index contributed by atoms with van der Waals surface area (Å²) in [6, 6.07) is 14.7. The van der Waals surface area contributed by atoms with Gasteiger partial charge in [0.1, 0.15) is 11.5 Å². The van der Waals surface area contributed by atoms with E-state index in [1.54, 1.807) is 31.5 Å². The van der Waals surface area contributed by atoms with Crippen LogP contribution in [-0.4, -0.2) is 18.4 Å². The van der Waals surface area contributed by atoms with Gasteiger partial charge in [-0.3, -0.25) is 4.99 Å². The van der Waals surface area contributed by atoms with Gasteiger partial charge in [-0.05, 0) is 24.3 Å². The van der Waals surface area contributed by atoms with Gasteiger partial charge in [0.2, 0.25) is 0 Å². The number of rotatable bonds is 3. The molecule has 0 bridgehead atoms. The molecule has 0 unspecified atom stereocenters. The molecule has 0 heterocycles. The van der Waals surface area contributed by atoms with Crippen LogP contribution in [0.25, 0.3) is 0 Å². The molecule has 17 heavy (non-hydrogen) atoms. The summed E-state index contributed by atoms with van der Waals surface area (Å²) in [6.07, 6.45) is 1.63. The van der Waals surface area contributed by atoms with Crippen molar-refractivity contribution in [3.8, 4) is 11.5 Å². The van der Waals surface area contributed by atoms with E-state index in [4.69, 9.17) is 4.74 Å². The summed E-state index contributed by atoms with van der Waals surface area (Å²) in [5.74, 6) is 0.781. The molecule has 0 aliphatic heterocycles. The van der Waals surface area contributed by atoms with Crippen LogP contribution in [0.1, 0.15) is 5.56 Å². The van der Waals surface area contributed by atoms with Crippen molar-refractivity contribution in [2.45, 2.75) is 0 Å². The van der Waals surface area contributed by atoms with E-state index in [0.29, 0.717) is 11.3 Å². The minimum Gasteiger partial charge on any atom is -0.507 e. The van der Waals surface area contributed by atoms with E-state index >= 15 is 0 Å². The van der Waals surface area contributed by atoms with Gasteiger partial charge < -0.3 is 9.84 Å². The smallest absolute Gasteiger partial charge is 0.128 e. The largest absolute Gasteiger partial charge is 0.507 e. The summed E-state index contributed by atoms with van der Waals surface area (Å²) < 4.78 is 5.01. The topological polar surface area (TPSA) is 41.8 Å². The molecule has 0 atom stereocenters. The number of phenolic OH excluding ortho intramolecular Hbond substituents is 1. The van der Waals surface area contributed by atoms with E-state index < -0.39 is 0 Å². The second-order valence-electron chi connectivity index (χ2n) is 3.52. The zero-order valence-corrected chi connectivity index (χ0v) is 9.50. The van der Waals surface area contributed by atoms with E-state index in [2.05, 4.69) is 4.99 Å². The maximum absolute atomic E-state index is 9.73. The standard InChI is InChI=1S/C14H13NO2/c1-17-13-8-7-11(14(16)9-13)10-15-12-5-3-2-4-6-12/h2-10,16H,1H3. The minimum absolute atomic E-state index is 0.157. The molecule has 3 nitrogen and oxygen atoms in total. The molecule has 0 saturated heterocycles. The first-order chi connectivity index (χ1) is 8.29. The van der Waals surface area contributed by atoms with Crippen LogP contribution in [0, 0.1) is 0 Å². The molecule has 2 aromatic rings. The van der Waals surface area contributed by atoms with Crippen molar-refractivity contribution in [2.75, 3.05) is 7.11 Å². The predicted octanol–water partition coefficient (Wildman–Crippen LogP) is 3.15. The molecule has 0 amide bonds. The van der Waals surface area contributed by atoms with E-state index in [-0.39, 0.29) is 5.75 Å². The molecule has 0 saturated carbocycles. The lowest BCUT2D eigenvalue weighted by molar-refractivity contribution is 0.407.